The molecule has 2 rings (SSSR count). The number of anilines is 2. The van der Waals surface area contributed by atoms with Crippen LogP contribution in [0.25, 0.3) is 0 Å². The molecule has 0 heterocycles. The fourth-order valence-corrected chi connectivity index (χ4v) is 3.68. The van der Waals surface area contributed by atoms with Crippen LogP contribution >= 0.6 is 23.5 Å². The van der Waals surface area contributed by atoms with Crippen LogP contribution in [0.3, 0.4) is 0 Å². The van der Waals surface area contributed by atoms with Gasteiger partial charge in [0.1, 0.15) is 0 Å². The molecule has 2 aromatic rings. The number of thioether (sulfide) groups is 2. The van der Waals surface area contributed by atoms with Crippen molar-refractivity contribution in [2.45, 2.75) is 13.8 Å². The first-order valence-corrected chi connectivity index (χ1v) is 10.5. The molecule has 10 nitrogen and oxygen atoms in total. The lowest BCUT2D eigenvalue weighted by molar-refractivity contribution is -0.385. The van der Waals surface area contributed by atoms with Crippen molar-refractivity contribution >= 4 is 56.8 Å². The molecule has 2 amide bonds. The van der Waals surface area contributed by atoms with Gasteiger partial charge in [-0.15, -0.1) is 0 Å². The van der Waals surface area contributed by atoms with E-state index in [2.05, 4.69) is 10.6 Å². The lowest BCUT2D eigenvalue weighted by Crippen LogP contribution is -2.10. The number of carbonyl (C=O) groups excluding carboxylic acids is 2. The van der Waals surface area contributed by atoms with E-state index in [0.29, 0.717) is 34.0 Å². The molecule has 2 aromatic carbocycles. The van der Waals surface area contributed by atoms with Crippen LogP contribution in [-0.2, 0) is 0 Å². The number of non-ortho nitro benzene ring substituents is 2. The number of benzene rings is 2. The lowest BCUT2D eigenvalue weighted by atomic mass is 10.2. The molecule has 0 aromatic heterocycles. The minimum atomic E-state index is -0.541. The predicted molar refractivity (Wildman–Crippen MR) is 119 cm³/mol. The van der Waals surface area contributed by atoms with Crippen LogP contribution < -0.4 is 10.6 Å². The zero-order valence-corrected chi connectivity index (χ0v) is 17.7. The lowest BCUT2D eigenvalue weighted by Gasteiger charge is -2.09. The molecule has 12 heteroatoms. The van der Waals surface area contributed by atoms with Crippen molar-refractivity contribution in [1.82, 2.24) is 0 Å². The van der Waals surface area contributed by atoms with E-state index in [1.807, 2.05) is 0 Å². The number of nitro groups is 2. The molecule has 0 radical (unpaired) electrons. The van der Waals surface area contributed by atoms with Crippen LogP contribution in [0.2, 0.25) is 0 Å². The summed E-state index contributed by atoms with van der Waals surface area (Å²) in [5.74, 6) is 0.650. The molecule has 0 atom stereocenters. The first-order valence-electron chi connectivity index (χ1n) is 8.55. The number of nitro benzene ring substituents is 2. The summed E-state index contributed by atoms with van der Waals surface area (Å²) in [5, 5.41) is 26.1. The average molecular weight is 450 g/mol. The number of amides is 2. The molecule has 0 spiro atoms. The summed E-state index contributed by atoms with van der Waals surface area (Å²) in [6.45, 7) is 3.44. The van der Waals surface area contributed by atoms with Gasteiger partial charge in [-0.25, -0.2) is 0 Å². The number of hydrogen-bond donors (Lipinski definition) is 2. The van der Waals surface area contributed by atoms with Gasteiger partial charge >= 0.3 is 0 Å². The quantitative estimate of drug-likeness (QED) is 0.326. The van der Waals surface area contributed by atoms with Gasteiger partial charge in [-0.2, -0.15) is 0 Å². The Bertz CT molecular complexity index is 919. The average Bonchev–Trinajstić information content (AvgIpc) is 2.68. The first kappa shape index (κ1) is 23.2. The number of nitrogens with zero attached hydrogens (tertiary/aromatic N) is 2. The second kappa shape index (κ2) is 10.6. The Balaban J connectivity index is 1.80. The van der Waals surface area contributed by atoms with Gasteiger partial charge in [0.2, 0.25) is 0 Å². The van der Waals surface area contributed by atoms with Crippen LogP contribution in [0.4, 0.5) is 32.3 Å². The Morgan fingerprint density at radius 1 is 0.800 bits per heavy atom. The molecule has 0 unspecified atom stereocenters. The molecule has 0 saturated heterocycles. The summed E-state index contributed by atoms with van der Waals surface area (Å²) in [4.78, 5) is 44.7. The van der Waals surface area contributed by atoms with Crippen molar-refractivity contribution in [1.29, 1.82) is 0 Å². The van der Waals surface area contributed by atoms with Crippen LogP contribution in [0.15, 0.2) is 36.4 Å². The second-order valence-corrected chi connectivity index (χ2v) is 8.17. The van der Waals surface area contributed by atoms with Gasteiger partial charge in [-0.3, -0.25) is 29.8 Å². The summed E-state index contributed by atoms with van der Waals surface area (Å²) in [6.07, 6.45) is 0. The Labute approximate surface area is 180 Å². The van der Waals surface area contributed by atoms with E-state index in [4.69, 9.17) is 0 Å². The molecule has 30 heavy (non-hydrogen) atoms. The van der Waals surface area contributed by atoms with Crippen molar-refractivity contribution in [3.8, 4) is 0 Å². The molecule has 0 aliphatic carbocycles. The molecule has 2 N–H and O–H groups in total. The highest BCUT2D eigenvalue weighted by Crippen LogP contribution is 2.25. The van der Waals surface area contributed by atoms with Gasteiger partial charge < -0.3 is 10.6 Å². The van der Waals surface area contributed by atoms with E-state index in [1.165, 1.54) is 24.3 Å². The van der Waals surface area contributed by atoms with Crippen molar-refractivity contribution < 1.29 is 19.4 Å². The van der Waals surface area contributed by atoms with Crippen molar-refractivity contribution in [2.75, 3.05) is 22.1 Å². The number of hydrogen-bond acceptors (Lipinski definition) is 8. The number of rotatable bonds is 7. The SMILES string of the molecule is Cc1ccc([N+](=O)[O-])cc1NC(=O)SCCSC(=O)Nc1cc([N+](=O)[O-])ccc1C. The number of carbonyl (C=O) groups is 2. The molecular formula is C18H18N4O6S2. The summed E-state index contributed by atoms with van der Waals surface area (Å²) >= 11 is 1.88. The maximum atomic E-state index is 12.0. The summed E-state index contributed by atoms with van der Waals surface area (Å²) in [7, 11) is 0. The third-order valence-electron chi connectivity index (χ3n) is 3.89. The van der Waals surface area contributed by atoms with E-state index < -0.39 is 20.3 Å². The highest BCUT2D eigenvalue weighted by molar-refractivity contribution is 8.17. The zero-order valence-electron chi connectivity index (χ0n) is 16.0. The van der Waals surface area contributed by atoms with E-state index >= 15 is 0 Å². The van der Waals surface area contributed by atoms with Crippen molar-refractivity contribution in [2.24, 2.45) is 0 Å². The fraction of sp³-hybridized carbons (Fsp3) is 0.222. The van der Waals surface area contributed by atoms with Gasteiger partial charge in [0, 0.05) is 35.8 Å². The molecule has 0 saturated carbocycles. The molecule has 0 aliphatic rings. The van der Waals surface area contributed by atoms with Crippen molar-refractivity contribution in [3.05, 3.63) is 67.8 Å². The molecule has 0 aliphatic heterocycles. The van der Waals surface area contributed by atoms with Crippen molar-refractivity contribution in [3.63, 3.8) is 0 Å². The Hall–Kier alpha value is -3.12. The Kier molecular flexibility index (Phi) is 8.18. The largest absolute Gasteiger partial charge is 0.316 e. The normalized spacial score (nSPS) is 10.3. The van der Waals surface area contributed by atoms with Gasteiger partial charge in [-0.05, 0) is 25.0 Å². The topological polar surface area (TPSA) is 144 Å². The molecule has 0 fully saturated rings. The number of nitrogens with one attached hydrogen (secondary N) is 2. The molecular weight excluding hydrogens is 432 g/mol. The summed E-state index contributed by atoms with van der Waals surface area (Å²) in [5.41, 5.74) is 1.85. The number of aryl methyl sites for hydroxylation is 2. The molecule has 0 bridgehead atoms. The highest BCUT2D eigenvalue weighted by atomic mass is 32.2. The Morgan fingerprint density at radius 3 is 1.50 bits per heavy atom. The minimum absolute atomic E-state index is 0.121. The smallest absolute Gasteiger partial charge is 0.283 e. The maximum absolute atomic E-state index is 12.0. The second-order valence-electron chi connectivity index (χ2n) is 6.03. The van der Waals surface area contributed by atoms with Gasteiger partial charge in [0.05, 0.1) is 21.2 Å². The third-order valence-corrected chi connectivity index (χ3v) is 5.69. The van der Waals surface area contributed by atoms with E-state index in [1.54, 1.807) is 26.0 Å². The first-order chi connectivity index (χ1) is 14.2. The van der Waals surface area contributed by atoms with E-state index in [9.17, 15) is 29.8 Å². The third kappa shape index (κ3) is 6.74. The zero-order chi connectivity index (χ0) is 22.3. The van der Waals surface area contributed by atoms with Crippen LogP contribution in [-0.4, -0.2) is 31.8 Å². The van der Waals surface area contributed by atoms with Gasteiger partial charge in [0.25, 0.3) is 21.9 Å². The summed E-state index contributed by atoms with van der Waals surface area (Å²) < 4.78 is 0. The van der Waals surface area contributed by atoms with Gasteiger partial charge in [-0.1, -0.05) is 35.7 Å². The predicted octanol–water partition coefficient (Wildman–Crippen LogP) is 5.35. The van der Waals surface area contributed by atoms with E-state index in [-0.39, 0.29) is 11.4 Å². The van der Waals surface area contributed by atoms with Crippen LogP contribution in [0, 0.1) is 34.1 Å². The van der Waals surface area contributed by atoms with Crippen LogP contribution in [0.5, 0.6) is 0 Å². The minimum Gasteiger partial charge on any atom is -0.316 e. The van der Waals surface area contributed by atoms with Crippen LogP contribution in [0.1, 0.15) is 11.1 Å². The Morgan fingerprint density at radius 2 is 1.17 bits per heavy atom. The van der Waals surface area contributed by atoms with Gasteiger partial charge in [0.15, 0.2) is 0 Å². The standard InChI is InChI=1S/C18H18N4O6S2/c1-11-3-5-13(21(25)26)9-15(11)19-17(23)29-7-8-30-18(24)20-16-10-14(22(27)28)6-4-12(16)2/h3-6,9-10H,7-8H2,1-2H3,(H,19,23)(H,20,24). The van der Waals surface area contributed by atoms with E-state index in [0.717, 1.165) is 23.5 Å². The maximum Gasteiger partial charge on any atom is 0.283 e. The fourth-order valence-electron chi connectivity index (χ4n) is 2.28. The monoisotopic (exact) mass is 450 g/mol. The summed E-state index contributed by atoms with van der Waals surface area (Å²) in [6, 6.07) is 8.39. The highest BCUT2D eigenvalue weighted by Gasteiger charge is 2.13. The molecule has 158 valence electrons.